The van der Waals surface area contributed by atoms with Crippen LogP contribution in [0.4, 0.5) is 5.69 Å². The predicted octanol–water partition coefficient (Wildman–Crippen LogP) is 1.90. The monoisotopic (exact) mass is 307 g/mol. The van der Waals surface area contributed by atoms with E-state index in [4.69, 9.17) is 11.6 Å². The number of benzene rings is 1. The van der Waals surface area contributed by atoms with Crippen LogP contribution in [0.25, 0.3) is 0 Å². The van der Waals surface area contributed by atoms with E-state index in [1.165, 1.54) is 4.90 Å². The minimum absolute atomic E-state index is 0.155. The lowest BCUT2D eigenvalue weighted by Crippen LogP contribution is -2.36. The van der Waals surface area contributed by atoms with E-state index >= 15 is 0 Å². The first-order valence-corrected chi connectivity index (χ1v) is 7.00. The summed E-state index contributed by atoms with van der Waals surface area (Å²) in [6.45, 7) is 3.31. The molecule has 21 heavy (non-hydrogen) atoms. The van der Waals surface area contributed by atoms with Crippen molar-refractivity contribution in [3.05, 3.63) is 39.9 Å². The van der Waals surface area contributed by atoms with Gasteiger partial charge in [0.25, 0.3) is 11.8 Å². The Labute approximate surface area is 129 Å². The summed E-state index contributed by atoms with van der Waals surface area (Å²) < 4.78 is 0. The molecule has 1 aliphatic heterocycles. The molecule has 6 heteroatoms. The largest absolute Gasteiger partial charge is 0.345 e. The van der Waals surface area contributed by atoms with E-state index in [-0.39, 0.29) is 11.8 Å². The summed E-state index contributed by atoms with van der Waals surface area (Å²) in [5, 5.41) is 6.26. The smallest absolute Gasteiger partial charge is 0.254 e. The molecule has 0 aromatic heterocycles. The van der Waals surface area contributed by atoms with E-state index in [0.29, 0.717) is 21.8 Å². The Balaban J connectivity index is 2.19. The highest BCUT2D eigenvalue weighted by Gasteiger charge is 2.17. The highest BCUT2D eigenvalue weighted by molar-refractivity contribution is 6.34. The van der Waals surface area contributed by atoms with Gasteiger partial charge in [-0.2, -0.15) is 0 Å². The van der Waals surface area contributed by atoms with E-state index in [1.54, 1.807) is 39.2 Å². The first kappa shape index (κ1) is 15.5. The van der Waals surface area contributed by atoms with Gasteiger partial charge in [0.2, 0.25) is 0 Å². The average Bonchev–Trinajstić information content (AvgIpc) is 2.37. The third-order valence-corrected chi connectivity index (χ3v) is 3.74. The van der Waals surface area contributed by atoms with Crippen LogP contribution in [0.15, 0.2) is 29.3 Å². The zero-order chi connectivity index (χ0) is 15.6. The van der Waals surface area contributed by atoms with Crippen molar-refractivity contribution in [2.24, 2.45) is 0 Å². The van der Waals surface area contributed by atoms with E-state index in [1.807, 2.05) is 0 Å². The summed E-state index contributed by atoms with van der Waals surface area (Å²) in [5.74, 6) is -0.355. The van der Waals surface area contributed by atoms with Gasteiger partial charge in [-0.1, -0.05) is 11.6 Å². The lowest BCUT2D eigenvalue weighted by molar-refractivity contribution is -0.112. The maximum Gasteiger partial charge on any atom is 0.254 e. The molecule has 1 fully saturated rings. The molecule has 5 nitrogen and oxygen atoms in total. The molecular weight excluding hydrogens is 290 g/mol. The fourth-order valence-electron chi connectivity index (χ4n) is 1.91. The lowest BCUT2D eigenvalue weighted by Gasteiger charge is -2.21. The highest BCUT2D eigenvalue weighted by atomic mass is 35.5. The van der Waals surface area contributed by atoms with Gasteiger partial charge in [-0.25, -0.2) is 0 Å². The van der Waals surface area contributed by atoms with Crippen molar-refractivity contribution in [1.82, 2.24) is 10.2 Å². The molecule has 1 saturated heterocycles. The SMILES string of the molecule is CC(C(=O)Nc1ccc(Cl)c(C(=O)N(C)C)c1)=C1CNC1. The summed E-state index contributed by atoms with van der Waals surface area (Å²) in [6.07, 6.45) is 0. The van der Waals surface area contributed by atoms with Crippen molar-refractivity contribution in [3.8, 4) is 0 Å². The Kier molecular flexibility index (Phi) is 4.65. The fraction of sp³-hybridized carbons (Fsp3) is 0.333. The van der Waals surface area contributed by atoms with Crippen LogP contribution in [0.2, 0.25) is 5.02 Å². The van der Waals surface area contributed by atoms with Crippen molar-refractivity contribution in [2.75, 3.05) is 32.5 Å². The third-order valence-electron chi connectivity index (χ3n) is 3.41. The molecule has 1 aromatic carbocycles. The maximum atomic E-state index is 12.1. The van der Waals surface area contributed by atoms with Gasteiger partial charge in [-0.3, -0.25) is 9.59 Å². The number of carbonyl (C=O) groups is 2. The number of amides is 2. The molecule has 0 atom stereocenters. The van der Waals surface area contributed by atoms with Crippen molar-refractivity contribution in [3.63, 3.8) is 0 Å². The molecule has 2 amide bonds. The third kappa shape index (κ3) is 3.43. The standard InChI is InChI=1S/C15H18ClN3O2/c1-9(10-7-17-8-10)14(20)18-11-4-5-13(16)12(6-11)15(21)19(2)3/h4-6,17H,7-8H2,1-3H3,(H,18,20). The highest BCUT2D eigenvalue weighted by Crippen LogP contribution is 2.22. The zero-order valence-corrected chi connectivity index (χ0v) is 13.0. The quantitative estimate of drug-likeness (QED) is 0.839. The van der Waals surface area contributed by atoms with Crippen LogP contribution in [-0.2, 0) is 4.79 Å². The summed E-state index contributed by atoms with van der Waals surface area (Å²) in [7, 11) is 3.31. The van der Waals surface area contributed by atoms with Gasteiger partial charge in [0, 0.05) is 38.4 Å². The first-order chi connectivity index (χ1) is 9.90. The molecule has 1 aliphatic rings. The van der Waals surface area contributed by atoms with Crippen LogP contribution < -0.4 is 10.6 Å². The summed E-state index contributed by atoms with van der Waals surface area (Å²) >= 11 is 6.04. The molecule has 1 heterocycles. The Morgan fingerprint density at radius 2 is 1.95 bits per heavy atom. The summed E-state index contributed by atoms with van der Waals surface area (Å²) in [4.78, 5) is 25.6. The van der Waals surface area contributed by atoms with Crippen LogP contribution in [0, 0.1) is 0 Å². The Hall–Kier alpha value is -1.85. The van der Waals surface area contributed by atoms with Crippen LogP contribution in [-0.4, -0.2) is 43.9 Å². The number of nitrogens with zero attached hydrogens (tertiary/aromatic N) is 1. The second-order valence-corrected chi connectivity index (χ2v) is 5.59. The molecular formula is C15H18ClN3O2. The van der Waals surface area contributed by atoms with Crippen LogP contribution in [0.5, 0.6) is 0 Å². The minimum atomic E-state index is -0.200. The van der Waals surface area contributed by atoms with E-state index in [9.17, 15) is 9.59 Å². The van der Waals surface area contributed by atoms with Crippen molar-refractivity contribution in [1.29, 1.82) is 0 Å². The topological polar surface area (TPSA) is 61.4 Å². The van der Waals surface area contributed by atoms with Gasteiger partial charge in [0.05, 0.1) is 10.6 Å². The summed E-state index contributed by atoms with van der Waals surface area (Å²) in [6, 6.07) is 4.89. The molecule has 0 bridgehead atoms. The number of nitrogens with one attached hydrogen (secondary N) is 2. The van der Waals surface area contributed by atoms with E-state index < -0.39 is 0 Å². The minimum Gasteiger partial charge on any atom is -0.345 e. The second kappa shape index (κ2) is 6.28. The average molecular weight is 308 g/mol. The molecule has 0 spiro atoms. The molecule has 112 valence electrons. The normalized spacial score (nSPS) is 13.4. The summed E-state index contributed by atoms with van der Waals surface area (Å²) in [5.41, 5.74) is 2.74. The number of rotatable bonds is 3. The fourth-order valence-corrected chi connectivity index (χ4v) is 2.11. The van der Waals surface area contributed by atoms with Gasteiger partial charge >= 0.3 is 0 Å². The van der Waals surface area contributed by atoms with Gasteiger partial charge in [0.15, 0.2) is 0 Å². The zero-order valence-electron chi connectivity index (χ0n) is 12.3. The first-order valence-electron chi connectivity index (χ1n) is 6.62. The van der Waals surface area contributed by atoms with Gasteiger partial charge in [-0.15, -0.1) is 0 Å². The molecule has 0 unspecified atom stereocenters. The van der Waals surface area contributed by atoms with E-state index in [0.717, 1.165) is 18.7 Å². The molecule has 0 aliphatic carbocycles. The lowest BCUT2D eigenvalue weighted by atomic mass is 10.0. The molecule has 1 aromatic rings. The molecule has 0 radical (unpaired) electrons. The van der Waals surface area contributed by atoms with E-state index in [2.05, 4.69) is 10.6 Å². The Morgan fingerprint density at radius 3 is 2.48 bits per heavy atom. The number of carbonyl (C=O) groups excluding carboxylic acids is 2. The van der Waals surface area contributed by atoms with Crippen LogP contribution >= 0.6 is 11.6 Å². The molecule has 2 rings (SSSR count). The Morgan fingerprint density at radius 1 is 1.29 bits per heavy atom. The maximum absolute atomic E-state index is 12.1. The van der Waals surface area contributed by atoms with Crippen LogP contribution in [0.3, 0.4) is 0 Å². The second-order valence-electron chi connectivity index (χ2n) is 5.18. The van der Waals surface area contributed by atoms with Crippen LogP contribution in [0.1, 0.15) is 17.3 Å². The number of hydrogen-bond donors (Lipinski definition) is 2. The number of hydrogen-bond acceptors (Lipinski definition) is 3. The van der Waals surface area contributed by atoms with Crippen molar-refractivity contribution < 1.29 is 9.59 Å². The number of halogens is 1. The Bertz CT molecular complexity index is 617. The van der Waals surface area contributed by atoms with Gasteiger partial charge in [0.1, 0.15) is 0 Å². The number of anilines is 1. The van der Waals surface area contributed by atoms with Gasteiger partial charge < -0.3 is 15.5 Å². The van der Waals surface area contributed by atoms with Gasteiger partial charge in [-0.05, 0) is 30.7 Å². The van der Waals surface area contributed by atoms with Crippen molar-refractivity contribution >= 4 is 29.1 Å². The predicted molar refractivity (Wildman–Crippen MR) is 83.7 cm³/mol. The molecule has 2 N–H and O–H groups in total. The van der Waals surface area contributed by atoms with Crippen molar-refractivity contribution in [2.45, 2.75) is 6.92 Å². The molecule has 0 saturated carbocycles.